The molecule has 0 unspecified atom stereocenters. The molecule has 2 aliphatic rings. The molecular weight excluding hydrogens is 575 g/mol. The molecule has 5 rings (SSSR count). The number of carboxylic acids is 1. The molecule has 0 aliphatic carbocycles. The summed E-state index contributed by atoms with van der Waals surface area (Å²) in [5.41, 5.74) is 2.87. The van der Waals surface area contributed by atoms with Gasteiger partial charge in [0.05, 0.1) is 0 Å². The maximum absolute atomic E-state index is 13.2. The van der Waals surface area contributed by atoms with Crippen LogP contribution >= 0.6 is 31.2 Å². The van der Waals surface area contributed by atoms with Crippen molar-refractivity contribution in [1.29, 1.82) is 0 Å². The second-order valence-electron chi connectivity index (χ2n) is 8.18. The molecule has 0 amide bonds. The molecule has 3 heterocycles. The molecule has 33 heavy (non-hydrogen) atoms. The summed E-state index contributed by atoms with van der Waals surface area (Å²) in [5, 5.41) is 11.0. The number of benzene rings is 2. The van der Waals surface area contributed by atoms with Crippen LogP contribution in [0.3, 0.4) is 0 Å². The summed E-state index contributed by atoms with van der Waals surface area (Å²) in [7, 11) is -3.93. The Hall–Kier alpha value is -1.80. The van der Waals surface area contributed by atoms with E-state index >= 15 is 0 Å². The van der Waals surface area contributed by atoms with Crippen LogP contribution in [0.25, 0.3) is 10.2 Å². The molecule has 2 N–H and O–H groups in total. The Morgan fingerprint density at radius 1 is 1.18 bits per heavy atom. The molecule has 2 aromatic carbocycles. The van der Waals surface area contributed by atoms with E-state index in [0.29, 0.717) is 26.2 Å². The van der Waals surface area contributed by atoms with Crippen molar-refractivity contribution in [3.05, 3.63) is 59.1 Å². The van der Waals surface area contributed by atoms with E-state index in [2.05, 4.69) is 20.7 Å². The number of nitrogens with zero attached hydrogens (tertiary/aromatic N) is 3. The number of aromatic nitrogens is 1. The van der Waals surface area contributed by atoms with E-state index < -0.39 is 39.5 Å². The average molecular weight is 601 g/mol. The van der Waals surface area contributed by atoms with Gasteiger partial charge in [0.25, 0.3) is 0 Å². The van der Waals surface area contributed by atoms with Gasteiger partial charge >= 0.3 is 198 Å². The Balaban J connectivity index is 1.30. The predicted molar refractivity (Wildman–Crippen MR) is 140 cm³/mol. The SMILES string of the molecule is Cc1nc2cc(N3CCN(S(=O)(=O)N[C@]4(C(=O)O)[C@@H](c5ccccc5)I4C)CC3)ccc2s1. The van der Waals surface area contributed by atoms with Crippen LogP contribution in [-0.2, 0) is 15.0 Å². The number of fused-ring (bicyclic) bond motifs is 1. The summed E-state index contributed by atoms with van der Waals surface area (Å²) < 4.78 is 30.0. The van der Waals surface area contributed by atoms with Gasteiger partial charge in [-0.25, -0.2) is 0 Å². The summed E-state index contributed by atoms with van der Waals surface area (Å²) in [6.45, 7) is 3.65. The topological polar surface area (TPSA) is 103 Å². The molecule has 0 radical (unpaired) electrons. The van der Waals surface area contributed by atoms with Crippen LogP contribution < -0.4 is 9.62 Å². The summed E-state index contributed by atoms with van der Waals surface area (Å²) in [6, 6.07) is 15.5. The van der Waals surface area contributed by atoms with Crippen molar-refractivity contribution in [1.82, 2.24) is 14.0 Å². The van der Waals surface area contributed by atoms with Gasteiger partial charge in [0, 0.05) is 0 Å². The van der Waals surface area contributed by atoms with Crippen LogP contribution in [0.4, 0.5) is 5.69 Å². The monoisotopic (exact) mass is 600 g/mol. The van der Waals surface area contributed by atoms with Gasteiger partial charge in [-0.2, -0.15) is 0 Å². The van der Waals surface area contributed by atoms with Gasteiger partial charge < -0.3 is 0 Å². The predicted octanol–water partition coefficient (Wildman–Crippen LogP) is 3.23. The van der Waals surface area contributed by atoms with Gasteiger partial charge in [0.1, 0.15) is 0 Å². The van der Waals surface area contributed by atoms with Crippen molar-refractivity contribution in [3.63, 3.8) is 0 Å². The Morgan fingerprint density at radius 2 is 1.88 bits per heavy atom. The number of hydrogen-bond acceptors (Lipinski definition) is 6. The zero-order valence-electron chi connectivity index (χ0n) is 18.2. The third-order valence-corrected chi connectivity index (χ3v) is 16.0. The van der Waals surface area contributed by atoms with Gasteiger partial charge in [-0.05, 0) is 6.92 Å². The molecule has 2 saturated heterocycles. The molecule has 1 aromatic heterocycles. The molecule has 0 spiro atoms. The van der Waals surface area contributed by atoms with E-state index in [0.717, 1.165) is 26.5 Å². The van der Waals surface area contributed by atoms with Crippen LogP contribution in [0.5, 0.6) is 0 Å². The van der Waals surface area contributed by atoms with Gasteiger partial charge in [-0.15, -0.1) is 0 Å². The number of hydrogen-bond donors (Lipinski definition) is 2. The zero-order chi connectivity index (χ0) is 23.4. The van der Waals surface area contributed by atoms with Crippen molar-refractivity contribution < 1.29 is 18.3 Å². The number of piperazine rings is 1. The number of halogens is 1. The maximum atomic E-state index is 13.2. The molecule has 2 atom stereocenters. The molecule has 176 valence electrons. The number of anilines is 1. The van der Waals surface area contributed by atoms with E-state index in [-0.39, 0.29) is 3.92 Å². The number of aryl methyl sites for hydroxylation is 1. The Bertz CT molecular complexity index is 1310. The number of aliphatic carboxylic acids is 1. The molecule has 0 bridgehead atoms. The fourth-order valence-corrected chi connectivity index (χ4v) is 15.4. The molecule has 0 saturated carbocycles. The van der Waals surface area contributed by atoms with E-state index in [1.165, 1.54) is 4.31 Å². The number of carboxylic acid groups (broad SMARTS) is 1. The summed E-state index contributed by atoms with van der Waals surface area (Å²) in [5.74, 6) is -1.07. The standard InChI is InChI=1S/C22H25IN4O4S2/c1-15-24-18-14-17(8-9-19(18)32-15)26-10-12-27(13-11-26)33(30,31)25-22(21(28)29)20(23(22)2)16-6-4-3-5-7-16/h3-9,14,20,25H,10-13H2,1-2H3,(H,28,29)/t20-,22+/m1/s1. The summed E-state index contributed by atoms with van der Waals surface area (Å²) in [4.78, 5) is 20.9. The van der Waals surface area contributed by atoms with Crippen LogP contribution in [0, 0.1) is 6.92 Å². The number of carbonyl (C=O) groups is 1. The van der Waals surface area contributed by atoms with Crippen LogP contribution in [-0.4, -0.2) is 63.4 Å². The van der Waals surface area contributed by atoms with Gasteiger partial charge in [-0.3, -0.25) is 0 Å². The molecule has 8 nitrogen and oxygen atoms in total. The number of alkyl halides is 3. The number of rotatable bonds is 6. The van der Waals surface area contributed by atoms with E-state index in [1.807, 2.05) is 54.3 Å². The molecule has 11 heteroatoms. The zero-order valence-corrected chi connectivity index (χ0v) is 22.0. The quantitative estimate of drug-likeness (QED) is 0.256. The van der Waals surface area contributed by atoms with E-state index in [1.54, 1.807) is 11.3 Å². The molecular formula is C22H25IN4O4S2. The van der Waals surface area contributed by atoms with Crippen LogP contribution in [0.1, 0.15) is 14.5 Å². The second-order valence-corrected chi connectivity index (χ2v) is 17.0. The number of nitrogens with one attached hydrogen (secondary N) is 1. The first-order valence-corrected chi connectivity index (χ1v) is 17.2. The first kappa shape index (κ1) is 23.0. The Labute approximate surface area is 204 Å². The molecule has 2 fully saturated rings. The summed E-state index contributed by atoms with van der Waals surface area (Å²) >= 11 is -0.456. The molecule has 2 aliphatic heterocycles. The molecule has 3 aromatic rings. The van der Waals surface area contributed by atoms with Gasteiger partial charge in [0.2, 0.25) is 0 Å². The first-order valence-electron chi connectivity index (χ1n) is 10.5. The van der Waals surface area contributed by atoms with Crippen molar-refractivity contribution in [2.75, 3.05) is 36.0 Å². The van der Waals surface area contributed by atoms with Gasteiger partial charge in [0.15, 0.2) is 0 Å². The van der Waals surface area contributed by atoms with E-state index in [9.17, 15) is 18.3 Å². The fourth-order valence-electron chi connectivity index (χ4n) is 4.44. The van der Waals surface area contributed by atoms with Crippen LogP contribution in [0.15, 0.2) is 48.5 Å². The van der Waals surface area contributed by atoms with Crippen molar-refractivity contribution in [3.8, 4) is 0 Å². The normalized spacial score (nSPS) is 24.8. The Morgan fingerprint density at radius 3 is 2.55 bits per heavy atom. The summed E-state index contributed by atoms with van der Waals surface area (Å²) in [6.07, 6.45) is 0. The second kappa shape index (κ2) is 8.45. The minimum absolute atomic E-state index is 0.246. The third kappa shape index (κ3) is 4.03. The minimum atomic E-state index is -3.93. The number of thiazole rings is 1. The van der Waals surface area contributed by atoms with Crippen molar-refractivity contribution in [2.24, 2.45) is 0 Å². The Kier molecular flexibility index (Phi) is 5.88. The van der Waals surface area contributed by atoms with E-state index in [4.69, 9.17) is 0 Å². The van der Waals surface area contributed by atoms with Crippen molar-refractivity contribution >= 4 is 63.2 Å². The average Bonchev–Trinajstić information content (AvgIpc) is 3.19. The third-order valence-electron chi connectivity index (χ3n) is 6.20. The fraction of sp³-hybridized carbons (Fsp3) is 0.364. The van der Waals surface area contributed by atoms with Gasteiger partial charge in [-0.1, -0.05) is 0 Å². The first-order chi connectivity index (χ1) is 15.7. The van der Waals surface area contributed by atoms with Crippen LogP contribution in [0.2, 0.25) is 0 Å². The van der Waals surface area contributed by atoms with Crippen molar-refractivity contribution in [2.45, 2.75) is 14.4 Å².